The van der Waals surface area contributed by atoms with Crippen molar-refractivity contribution in [3.8, 4) is 0 Å². The minimum Gasteiger partial charge on any atom is -0.369 e. The van der Waals surface area contributed by atoms with E-state index >= 15 is 0 Å². The van der Waals surface area contributed by atoms with Crippen LogP contribution in [-0.4, -0.2) is 40.5 Å². The number of nitrogens with two attached hydrogens (primary N) is 1. The molecule has 1 aliphatic heterocycles. The predicted molar refractivity (Wildman–Crippen MR) is 91.0 cm³/mol. The molecule has 122 valence electrons. The van der Waals surface area contributed by atoms with E-state index < -0.39 is 0 Å². The zero-order valence-corrected chi connectivity index (χ0v) is 13.9. The number of hydrogen-bond acceptors (Lipinski definition) is 5. The first-order valence-corrected chi connectivity index (χ1v) is 8.78. The molecule has 0 spiro atoms. The fraction of sp³-hybridized carbons (Fsp3) is 0.765. The molecule has 0 amide bonds. The van der Waals surface area contributed by atoms with Crippen LogP contribution in [0.1, 0.15) is 50.3 Å². The first-order chi connectivity index (χ1) is 10.7. The highest BCUT2D eigenvalue weighted by atomic mass is 15.2. The van der Waals surface area contributed by atoms with Gasteiger partial charge in [-0.3, -0.25) is 0 Å². The van der Waals surface area contributed by atoms with Crippen LogP contribution in [0.2, 0.25) is 0 Å². The van der Waals surface area contributed by atoms with E-state index in [2.05, 4.69) is 27.1 Å². The minimum absolute atomic E-state index is 0.371. The van der Waals surface area contributed by atoms with Crippen molar-refractivity contribution in [3.63, 3.8) is 0 Å². The van der Waals surface area contributed by atoms with Crippen molar-refractivity contribution in [2.75, 3.05) is 30.7 Å². The molecule has 1 aliphatic carbocycles. The van der Waals surface area contributed by atoms with E-state index in [1.54, 1.807) is 0 Å². The molecule has 5 nitrogen and oxygen atoms in total. The molecule has 1 saturated carbocycles. The predicted octanol–water partition coefficient (Wildman–Crippen LogP) is 2.61. The summed E-state index contributed by atoms with van der Waals surface area (Å²) < 4.78 is 0. The summed E-state index contributed by atoms with van der Waals surface area (Å²) in [5.41, 5.74) is 7.99. The summed E-state index contributed by atoms with van der Waals surface area (Å²) in [4.78, 5) is 11.4. The second-order valence-corrected chi connectivity index (χ2v) is 6.82. The maximum Gasteiger partial charge on any atom is 0.222 e. The van der Waals surface area contributed by atoms with Gasteiger partial charge in [-0.05, 0) is 45.1 Å². The summed E-state index contributed by atoms with van der Waals surface area (Å²) in [5.74, 6) is 2.03. The van der Waals surface area contributed by atoms with Gasteiger partial charge in [0.1, 0.15) is 5.82 Å². The van der Waals surface area contributed by atoms with Gasteiger partial charge in [-0.1, -0.05) is 19.8 Å². The Balaban J connectivity index is 1.57. The molecule has 22 heavy (non-hydrogen) atoms. The number of aryl methyl sites for hydroxylation is 1. The molecule has 0 unspecified atom stereocenters. The maximum absolute atomic E-state index is 5.80. The molecule has 1 aromatic rings. The van der Waals surface area contributed by atoms with E-state index in [0.29, 0.717) is 5.95 Å². The Bertz CT molecular complexity index is 510. The molecular formula is C17H29N5. The normalized spacial score (nSPS) is 23.3. The quantitative estimate of drug-likeness (QED) is 0.875. The van der Waals surface area contributed by atoms with Gasteiger partial charge < -0.3 is 16.0 Å². The SMILES string of the molecule is CCc1c(C)nc(N)nc1NC[C@@H]1CCN(C2CCCC2)C1. The van der Waals surface area contributed by atoms with Crippen LogP contribution in [0, 0.1) is 12.8 Å². The van der Waals surface area contributed by atoms with Crippen LogP contribution in [0.5, 0.6) is 0 Å². The van der Waals surface area contributed by atoms with Gasteiger partial charge in [0.2, 0.25) is 5.95 Å². The molecule has 5 heteroatoms. The number of aromatic nitrogens is 2. The Hall–Kier alpha value is -1.36. The second kappa shape index (κ2) is 6.82. The van der Waals surface area contributed by atoms with Gasteiger partial charge in [0.05, 0.1) is 0 Å². The molecule has 0 bridgehead atoms. The molecule has 1 atom stereocenters. The maximum atomic E-state index is 5.80. The Morgan fingerprint density at radius 2 is 2.00 bits per heavy atom. The zero-order chi connectivity index (χ0) is 15.5. The molecule has 3 rings (SSSR count). The number of nitrogens with one attached hydrogen (secondary N) is 1. The molecule has 3 N–H and O–H groups in total. The number of nitrogen functional groups attached to an aromatic ring is 1. The third-order valence-electron chi connectivity index (χ3n) is 5.30. The topological polar surface area (TPSA) is 67.1 Å². The lowest BCUT2D eigenvalue weighted by atomic mass is 10.1. The Labute approximate surface area is 133 Å². The molecule has 0 aromatic carbocycles. The van der Waals surface area contributed by atoms with E-state index in [0.717, 1.165) is 36.4 Å². The molecule has 1 aromatic heterocycles. The highest BCUT2D eigenvalue weighted by molar-refractivity contribution is 5.49. The van der Waals surface area contributed by atoms with Crippen LogP contribution in [0.25, 0.3) is 0 Å². The summed E-state index contributed by atoms with van der Waals surface area (Å²) >= 11 is 0. The van der Waals surface area contributed by atoms with Crippen molar-refractivity contribution < 1.29 is 0 Å². The lowest BCUT2D eigenvalue weighted by molar-refractivity contribution is 0.238. The van der Waals surface area contributed by atoms with Crippen molar-refractivity contribution in [2.45, 2.75) is 58.4 Å². The van der Waals surface area contributed by atoms with Gasteiger partial charge in [-0.2, -0.15) is 4.98 Å². The van der Waals surface area contributed by atoms with Crippen molar-refractivity contribution in [1.82, 2.24) is 14.9 Å². The van der Waals surface area contributed by atoms with Gasteiger partial charge in [0.15, 0.2) is 0 Å². The van der Waals surface area contributed by atoms with E-state index in [1.807, 2.05) is 6.92 Å². The average molecular weight is 303 g/mol. The van der Waals surface area contributed by atoms with Crippen LogP contribution < -0.4 is 11.1 Å². The van der Waals surface area contributed by atoms with E-state index in [9.17, 15) is 0 Å². The molecule has 2 aliphatic rings. The third-order valence-corrected chi connectivity index (χ3v) is 5.30. The molecular weight excluding hydrogens is 274 g/mol. The average Bonchev–Trinajstić information content (AvgIpc) is 3.15. The minimum atomic E-state index is 0.371. The number of likely N-dealkylation sites (tertiary alicyclic amines) is 1. The number of rotatable bonds is 5. The van der Waals surface area contributed by atoms with Crippen molar-refractivity contribution in [2.24, 2.45) is 5.92 Å². The Morgan fingerprint density at radius 3 is 2.73 bits per heavy atom. The first kappa shape index (κ1) is 15.5. The van der Waals surface area contributed by atoms with Crippen LogP contribution in [0.3, 0.4) is 0 Å². The van der Waals surface area contributed by atoms with E-state index in [1.165, 1.54) is 50.8 Å². The number of nitrogens with zero attached hydrogens (tertiary/aromatic N) is 3. The summed E-state index contributed by atoms with van der Waals surface area (Å²) in [7, 11) is 0. The summed E-state index contributed by atoms with van der Waals surface area (Å²) in [6.07, 6.45) is 7.88. The largest absolute Gasteiger partial charge is 0.369 e. The molecule has 2 heterocycles. The summed E-state index contributed by atoms with van der Waals surface area (Å²) in [5, 5.41) is 3.54. The zero-order valence-electron chi connectivity index (χ0n) is 13.9. The lowest BCUT2D eigenvalue weighted by Crippen LogP contribution is -2.31. The van der Waals surface area contributed by atoms with Crippen molar-refractivity contribution in [3.05, 3.63) is 11.3 Å². The summed E-state index contributed by atoms with van der Waals surface area (Å²) in [6.45, 7) is 7.65. The van der Waals surface area contributed by atoms with Gasteiger partial charge >= 0.3 is 0 Å². The molecule has 0 radical (unpaired) electrons. The lowest BCUT2D eigenvalue weighted by Gasteiger charge is -2.23. The van der Waals surface area contributed by atoms with Crippen molar-refractivity contribution in [1.29, 1.82) is 0 Å². The fourth-order valence-corrected chi connectivity index (χ4v) is 4.06. The van der Waals surface area contributed by atoms with E-state index in [4.69, 9.17) is 5.73 Å². The monoisotopic (exact) mass is 303 g/mol. The fourth-order valence-electron chi connectivity index (χ4n) is 4.06. The van der Waals surface area contributed by atoms with E-state index in [-0.39, 0.29) is 0 Å². The van der Waals surface area contributed by atoms with Crippen LogP contribution in [0.4, 0.5) is 11.8 Å². The Kier molecular flexibility index (Phi) is 4.81. The third kappa shape index (κ3) is 3.35. The smallest absolute Gasteiger partial charge is 0.222 e. The summed E-state index contributed by atoms with van der Waals surface area (Å²) in [6, 6.07) is 0.855. The standard InChI is InChI=1S/C17H29N5/c1-3-15-12(2)20-17(18)21-16(15)19-10-13-8-9-22(11-13)14-6-4-5-7-14/h13-14H,3-11H2,1-2H3,(H3,18,19,20,21)/t13-/m0/s1. The number of anilines is 2. The highest BCUT2D eigenvalue weighted by Gasteiger charge is 2.29. The van der Waals surface area contributed by atoms with Crippen molar-refractivity contribution >= 4 is 11.8 Å². The van der Waals surface area contributed by atoms with Gasteiger partial charge in [0.25, 0.3) is 0 Å². The van der Waals surface area contributed by atoms with Gasteiger partial charge in [-0.25, -0.2) is 4.98 Å². The molecule has 2 fully saturated rings. The Morgan fingerprint density at radius 1 is 1.23 bits per heavy atom. The first-order valence-electron chi connectivity index (χ1n) is 8.78. The van der Waals surface area contributed by atoms with Crippen LogP contribution in [-0.2, 0) is 6.42 Å². The van der Waals surface area contributed by atoms with Crippen LogP contribution >= 0.6 is 0 Å². The highest BCUT2D eigenvalue weighted by Crippen LogP contribution is 2.29. The van der Waals surface area contributed by atoms with Gasteiger partial charge in [-0.15, -0.1) is 0 Å². The van der Waals surface area contributed by atoms with Crippen LogP contribution in [0.15, 0.2) is 0 Å². The number of hydrogen-bond donors (Lipinski definition) is 2. The molecule has 1 saturated heterocycles. The second-order valence-electron chi connectivity index (χ2n) is 6.82. The van der Waals surface area contributed by atoms with Gasteiger partial charge in [0, 0.05) is 30.4 Å².